The fraction of sp³-hybridized carbons (Fsp3) is 0.0526. The van der Waals surface area contributed by atoms with E-state index in [9.17, 15) is 18.0 Å². The van der Waals surface area contributed by atoms with Crippen LogP contribution < -0.4 is 16.1 Å². The Bertz CT molecular complexity index is 1180. The Morgan fingerprint density at radius 1 is 1.11 bits per heavy atom. The largest absolute Gasteiger partial charge is 0.422 e. The molecular formula is C19H16N2O5S. The van der Waals surface area contributed by atoms with Gasteiger partial charge in [-0.2, -0.15) is 0 Å². The first-order valence-electron chi connectivity index (χ1n) is 7.93. The molecule has 0 amide bonds. The van der Waals surface area contributed by atoms with Gasteiger partial charge in [0.1, 0.15) is 11.1 Å². The summed E-state index contributed by atoms with van der Waals surface area (Å²) in [6.07, 6.45) is 2.66. The van der Waals surface area contributed by atoms with Crippen molar-refractivity contribution in [2.45, 2.75) is 11.4 Å². The van der Waals surface area contributed by atoms with Crippen molar-refractivity contribution >= 4 is 26.8 Å². The Balaban J connectivity index is 1.65. The zero-order valence-electron chi connectivity index (χ0n) is 14.1. The number of nitrogens with two attached hydrogens (primary N) is 1. The molecule has 8 heteroatoms. The maximum absolute atomic E-state index is 12.2. The number of fused-ring (bicyclic) bond motifs is 1. The Hall–Kier alpha value is -3.23. The molecule has 0 aliphatic carbocycles. The van der Waals surface area contributed by atoms with Gasteiger partial charge in [-0.25, -0.2) is 18.4 Å². The first-order valence-corrected chi connectivity index (χ1v) is 9.48. The SMILES string of the molecule is NS(=O)(=O)c1ccc(CN/C=C/C(=O)c2cc3ccccc3oc2=O)cc1. The van der Waals surface area contributed by atoms with E-state index in [-0.39, 0.29) is 10.5 Å². The molecule has 0 bridgehead atoms. The fourth-order valence-electron chi connectivity index (χ4n) is 2.43. The summed E-state index contributed by atoms with van der Waals surface area (Å²) >= 11 is 0. The minimum atomic E-state index is -3.72. The third kappa shape index (κ3) is 4.49. The van der Waals surface area contributed by atoms with Crippen LogP contribution in [0.5, 0.6) is 0 Å². The molecule has 2 aromatic carbocycles. The second-order valence-corrected chi connectivity index (χ2v) is 7.31. The van der Waals surface area contributed by atoms with E-state index in [2.05, 4.69) is 5.32 Å². The average Bonchev–Trinajstić information content (AvgIpc) is 2.64. The van der Waals surface area contributed by atoms with Crippen LogP contribution >= 0.6 is 0 Å². The van der Waals surface area contributed by atoms with Gasteiger partial charge in [-0.1, -0.05) is 30.3 Å². The molecule has 0 spiro atoms. The minimum Gasteiger partial charge on any atom is -0.422 e. The summed E-state index contributed by atoms with van der Waals surface area (Å²) in [7, 11) is -3.72. The standard InChI is InChI=1S/C19H16N2O5S/c20-27(24,25)15-7-5-13(6-8-15)12-21-10-9-17(22)16-11-14-3-1-2-4-18(14)26-19(16)23/h1-11,21H,12H2,(H2,20,24,25)/b10-9+. The molecular weight excluding hydrogens is 368 g/mol. The Labute approximate surface area is 155 Å². The summed E-state index contributed by atoms with van der Waals surface area (Å²) in [5, 5.41) is 8.60. The number of sulfonamides is 1. The summed E-state index contributed by atoms with van der Waals surface area (Å²) in [4.78, 5) is 24.2. The summed E-state index contributed by atoms with van der Waals surface area (Å²) < 4.78 is 27.5. The number of hydrogen-bond donors (Lipinski definition) is 2. The molecule has 3 rings (SSSR count). The number of rotatable bonds is 6. The predicted molar refractivity (Wildman–Crippen MR) is 101 cm³/mol. The van der Waals surface area contributed by atoms with E-state index in [1.54, 1.807) is 36.4 Å². The highest BCUT2D eigenvalue weighted by Crippen LogP contribution is 2.13. The van der Waals surface area contributed by atoms with Crippen LogP contribution in [-0.2, 0) is 16.6 Å². The molecule has 7 nitrogen and oxygen atoms in total. The number of carbonyl (C=O) groups is 1. The van der Waals surface area contributed by atoms with Gasteiger partial charge in [0.2, 0.25) is 10.0 Å². The molecule has 1 aromatic heterocycles. The third-order valence-corrected chi connectivity index (χ3v) is 4.75. The van der Waals surface area contributed by atoms with E-state index in [0.29, 0.717) is 17.5 Å². The zero-order valence-corrected chi connectivity index (χ0v) is 14.9. The number of benzene rings is 2. The maximum atomic E-state index is 12.2. The fourth-order valence-corrected chi connectivity index (χ4v) is 2.95. The van der Waals surface area contributed by atoms with E-state index < -0.39 is 21.4 Å². The topological polar surface area (TPSA) is 119 Å². The maximum Gasteiger partial charge on any atom is 0.347 e. The highest BCUT2D eigenvalue weighted by Gasteiger charge is 2.11. The molecule has 0 unspecified atom stereocenters. The number of hydrogen-bond acceptors (Lipinski definition) is 6. The molecule has 27 heavy (non-hydrogen) atoms. The Kier molecular flexibility index (Phi) is 5.20. The van der Waals surface area contributed by atoms with Crippen molar-refractivity contribution in [3.63, 3.8) is 0 Å². The van der Waals surface area contributed by atoms with Crippen LogP contribution in [0, 0.1) is 0 Å². The number of carbonyl (C=O) groups excluding carboxylic acids is 1. The first kappa shape index (κ1) is 18.6. The van der Waals surface area contributed by atoms with Crippen molar-refractivity contribution in [2.24, 2.45) is 5.14 Å². The lowest BCUT2D eigenvalue weighted by molar-refractivity contribution is 0.104. The molecule has 3 N–H and O–H groups in total. The second-order valence-electron chi connectivity index (χ2n) is 5.75. The number of nitrogens with one attached hydrogen (secondary N) is 1. The Morgan fingerprint density at radius 2 is 1.81 bits per heavy atom. The van der Waals surface area contributed by atoms with Crippen molar-refractivity contribution in [1.82, 2.24) is 5.32 Å². The van der Waals surface area contributed by atoms with Crippen LogP contribution in [0.2, 0.25) is 0 Å². The van der Waals surface area contributed by atoms with Crippen LogP contribution in [0.25, 0.3) is 11.0 Å². The molecule has 0 atom stereocenters. The van der Waals surface area contributed by atoms with Gasteiger partial charge in [0, 0.05) is 24.2 Å². The quantitative estimate of drug-likeness (QED) is 0.381. The molecule has 1 heterocycles. The molecule has 0 saturated carbocycles. The first-order chi connectivity index (χ1) is 12.8. The minimum absolute atomic E-state index is 0.0278. The molecule has 0 radical (unpaired) electrons. The third-order valence-electron chi connectivity index (χ3n) is 3.82. The van der Waals surface area contributed by atoms with E-state index in [1.807, 2.05) is 0 Å². The smallest absolute Gasteiger partial charge is 0.347 e. The van der Waals surface area contributed by atoms with E-state index >= 15 is 0 Å². The van der Waals surface area contributed by atoms with E-state index in [4.69, 9.17) is 9.56 Å². The summed E-state index contributed by atoms with van der Waals surface area (Å²) in [5.74, 6) is -0.480. The molecule has 0 aliphatic heterocycles. The summed E-state index contributed by atoms with van der Waals surface area (Å²) in [5.41, 5.74) is 0.472. The molecule has 0 saturated heterocycles. The molecule has 0 fully saturated rings. The van der Waals surface area contributed by atoms with Gasteiger partial charge >= 0.3 is 5.63 Å². The lowest BCUT2D eigenvalue weighted by Gasteiger charge is -2.03. The van der Waals surface area contributed by atoms with Crippen LogP contribution in [0.4, 0.5) is 0 Å². The second kappa shape index (κ2) is 7.56. The normalized spacial score (nSPS) is 11.7. The van der Waals surface area contributed by atoms with Gasteiger partial charge < -0.3 is 9.73 Å². The molecule has 138 valence electrons. The summed E-state index contributed by atoms with van der Waals surface area (Å²) in [6, 6.07) is 14.5. The highest BCUT2D eigenvalue weighted by atomic mass is 32.2. The number of allylic oxidation sites excluding steroid dienone is 1. The van der Waals surface area contributed by atoms with Gasteiger partial charge in [0.15, 0.2) is 5.78 Å². The number of ketones is 1. The van der Waals surface area contributed by atoms with Gasteiger partial charge in [-0.15, -0.1) is 0 Å². The number of para-hydroxylation sites is 1. The van der Waals surface area contributed by atoms with Crippen molar-refractivity contribution in [2.75, 3.05) is 0 Å². The van der Waals surface area contributed by atoms with E-state index in [1.165, 1.54) is 30.5 Å². The monoisotopic (exact) mass is 384 g/mol. The van der Waals surface area contributed by atoms with Gasteiger partial charge in [-0.05, 0) is 29.8 Å². The van der Waals surface area contributed by atoms with Crippen LogP contribution in [0.3, 0.4) is 0 Å². The highest BCUT2D eigenvalue weighted by molar-refractivity contribution is 7.89. The van der Waals surface area contributed by atoms with Crippen molar-refractivity contribution in [3.8, 4) is 0 Å². The van der Waals surface area contributed by atoms with Crippen molar-refractivity contribution < 1.29 is 17.6 Å². The van der Waals surface area contributed by atoms with Gasteiger partial charge in [0.05, 0.1) is 4.90 Å². The van der Waals surface area contributed by atoms with Crippen LogP contribution in [-0.4, -0.2) is 14.2 Å². The predicted octanol–water partition coefficient (Wildman–Crippen LogP) is 1.93. The average molecular weight is 384 g/mol. The molecule has 0 aliphatic rings. The van der Waals surface area contributed by atoms with Crippen molar-refractivity contribution in [1.29, 1.82) is 0 Å². The summed E-state index contributed by atoms with van der Waals surface area (Å²) in [6.45, 7) is 0.362. The van der Waals surface area contributed by atoms with Gasteiger partial charge in [0.25, 0.3) is 0 Å². The molecule has 3 aromatic rings. The van der Waals surface area contributed by atoms with Crippen LogP contribution in [0.15, 0.2) is 81.0 Å². The number of primary sulfonamides is 1. The van der Waals surface area contributed by atoms with E-state index in [0.717, 1.165) is 5.56 Å². The lowest BCUT2D eigenvalue weighted by atomic mass is 10.1. The van der Waals surface area contributed by atoms with Crippen LogP contribution in [0.1, 0.15) is 15.9 Å². The zero-order chi connectivity index (χ0) is 19.4. The lowest BCUT2D eigenvalue weighted by Crippen LogP contribution is -2.13. The Morgan fingerprint density at radius 3 is 2.52 bits per heavy atom. The van der Waals surface area contributed by atoms with Crippen molar-refractivity contribution in [3.05, 3.63) is 88.4 Å². The van der Waals surface area contributed by atoms with Gasteiger partial charge in [-0.3, -0.25) is 4.79 Å².